The highest BCUT2D eigenvalue weighted by atomic mass is 19.4. The minimum absolute atomic E-state index is 0.144. The van der Waals surface area contributed by atoms with Crippen LogP contribution in [0, 0.1) is 0 Å². The van der Waals surface area contributed by atoms with Gasteiger partial charge >= 0.3 is 6.18 Å². The fourth-order valence-electron chi connectivity index (χ4n) is 4.06. The van der Waals surface area contributed by atoms with E-state index in [9.17, 15) is 18.0 Å². The van der Waals surface area contributed by atoms with E-state index in [-0.39, 0.29) is 17.3 Å². The number of amides is 1. The largest absolute Gasteiger partial charge is 0.433 e. The fraction of sp³-hybridized carbons (Fsp3) is 0.103. The molecule has 39 heavy (non-hydrogen) atoms. The number of pyridine rings is 2. The smallest absolute Gasteiger partial charge is 0.366 e. The Kier molecular flexibility index (Phi) is 7.09. The molecule has 0 aliphatic carbocycles. The molecule has 3 heterocycles. The van der Waals surface area contributed by atoms with Crippen molar-refractivity contribution in [3.05, 3.63) is 114 Å². The van der Waals surface area contributed by atoms with Crippen LogP contribution in [-0.2, 0) is 12.7 Å². The van der Waals surface area contributed by atoms with Gasteiger partial charge in [-0.3, -0.25) is 9.78 Å². The van der Waals surface area contributed by atoms with Crippen molar-refractivity contribution in [2.24, 2.45) is 0 Å². The minimum Gasteiger partial charge on any atom is -0.366 e. The fourth-order valence-corrected chi connectivity index (χ4v) is 4.06. The number of anilines is 1. The van der Waals surface area contributed by atoms with E-state index in [1.807, 2.05) is 36.4 Å². The van der Waals surface area contributed by atoms with Gasteiger partial charge in [0.25, 0.3) is 5.91 Å². The number of nitrogens with one attached hydrogen (secondary N) is 2. The molecule has 1 amide bonds. The Labute approximate surface area is 222 Å². The van der Waals surface area contributed by atoms with E-state index < -0.39 is 11.9 Å². The second-order valence-electron chi connectivity index (χ2n) is 8.68. The first-order chi connectivity index (χ1) is 18.8. The van der Waals surface area contributed by atoms with Crippen molar-refractivity contribution in [2.45, 2.75) is 12.7 Å². The zero-order valence-corrected chi connectivity index (χ0v) is 20.8. The summed E-state index contributed by atoms with van der Waals surface area (Å²) in [7, 11) is 1.59. The summed E-state index contributed by atoms with van der Waals surface area (Å²) in [6, 6.07) is 22.7. The van der Waals surface area contributed by atoms with E-state index in [4.69, 9.17) is 0 Å². The van der Waals surface area contributed by atoms with Crippen molar-refractivity contribution >= 4 is 11.7 Å². The lowest BCUT2D eigenvalue weighted by Crippen LogP contribution is -2.17. The van der Waals surface area contributed by atoms with Gasteiger partial charge in [0.1, 0.15) is 11.5 Å². The molecule has 0 aliphatic rings. The topological polar surface area (TPSA) is 84.7 Å². The van der Waals surface area contributed by atoms with Crippen LogP contribution in [0.3, 0.4) is 0 Å². The number of aromatic nitrogens is 4. The zero-order chi connectivity index (χ0) is 27.4. The van der Waals surface area contributed by atoms with Gasteiger partial charge in [-0.2, -0.15) is 18.3 Å². The van der Waals surface area contributed by atoms with Crippen molar-refractivity contribution in [3.63, 3.8) is 0 Å². The molecule has 0 aliphatic heterocycles. The molecule has 0 radical (unpaired) electrons. The van der Waals surface area contributed by atoms with Crippen molar-refractivity contribution in [1.82, 2.24) is 25.1 Å². The quantitative estimate of drug-likeness (QED) is 0.271. The number of hydrogen-bond donors (Lipinski definition) is 2. The molecular weight excluding hydrogens is 505 g/mol. The lowest BCUT2D eigenvalue weighted by atomic mass is 10.0. The first-order valence-corrected chi connectivity index (χ1v) is 12.0. The summed E-state index contributed by atoms with van der Waals surface area (Å²) in [5, 5.41) is 9.98. The maximum Gasteiger partial charge on any atom is 0.433 e. The van der Waals surface area contributed by atoms with Crippen LogP contribution in [0.2, 0.25) is 0 Å². The predicted octanol–water partition coefficient (Wildman–Crippen LogP) is 5.99. The molecule has 0 atom stereocenters. The Morgan fingerprint density at radius 2 is 1.69 bits per heavy atom. The highest BCUT2D eigenvalue weighted by molar-refractivity contribution is 5.94. The molecule has 0 fully saturated rings. The first-order valence-electron chi connectivity index (χ1n) is 12.0. The van der Waals surface area contributed by atoms with E-state index in [1.54, 1.807) is 43.6 Å². The van der Waals surface area contributed by atoms with Crippen LogP contribution in [0.1, 0.15) is 21.6 Å². The molecule has 5 rings (SSSR count). The van der Waals surface area contributed by atoms with E-state index in [1.165, 1.54) is 18.5 Å². The van der Waals surface area contributed by atoms with Gasteiger partial charge in [-0.15, -0.1) is 0 Å². The molecule has 10 heteroatoms. The Morgan fingerprint density at radius 1 is 0.897 bits per heavy atom. The molecule has 0 bridgehead atoms. The standard InChI is InChI=1S/C29H23F3N6O/c1-33-28(39)21-9-7-20(8-10-21)22-5-2-4-19(14-22)16-35-27-12-11-24(18-36-27)38-26(29(30,31)32)15-25(37-38)23-6-3-13-34-17-23/h2-15,17-18H,16H2,1H3,(H,33,39)(H,35,36). The summed E-state index contributed by atoms with van der Waals surface area (Å²) in [6.45, 7) is 0.456. The number of rotatable bonds is 7. The van der Waals surface area contributed by atoms with Crippen LogP contribution in [0.15, 0.2) is 97.5 Å². The lowest BCUT2D eigenvalue weighted by Gasteiger charge is -2.11. The Morgan fingerprint density at radius 3 is 2.36 bits per heavy atom. The summed E-state index contributed by atoms with van der Waals surface area (Å²) >= 11 is 0. The number of hydrogen-bond acceptors (Lipinski definition) is 5. The van der Waals surface area contributed by atoms with Crippen LogP contribution in [0.4, 0.5) is 19.0 Å². The van der Waals surface area contributed by atoms with Crippen molar-refractivity contribution in [3.8, 4) is 28.1 Å². The van der Waals surface area contributed by atoms with Crippen LogP contribution in [0.25, 0.3) is 28.1 Å². The highest BCUT2D eigenvalue weighted by Gasteiger charge is 2.36. The second kappa shape index (κ2) is 10.8. The number of benzene rings is 2. The summed E-state index contributed by atoms with van der Waals surface area (Å²) < 4.78 is 42.1. The van der Waals surface area contributed by atoms with Gasteiger partial charge in [-0.1, -0.05) is 30.3 Å². The Balaban J connectivity index is 1.31. The third kappa shape index (κ3) is 5.80. The maximum atomic E-state index is 13.8. The van der Waals surface area contributed by atoms with Gasteiger partial charge < -0.3 is 10.6 Å². The molecular formula is C29H23F3N6O. The number of carbonyl (C=O) groups excluding carboxylic acids is 1. The maximum absolute atomic E-state index is 13.8. The molecule has 0 unspecified atom stereocenters. The molecule has 5 aromatic rings. The van der Waals surface area contributed by atoms with Crippen LogP contribution in [0.5, 0.6) is 0 Å². The molecule has 0 saturated carbocycles. The molecule has 0 spiro atoms. The number of nitrogens with zero attached hydrogens (tertiary/aromatic N) is 4. The van der Waals surface area contributed by atoms with Crippen molar-refractivity contribution in [2.75, 3.05) is 12.4 Å². The van der Waals surface area contributed by atoms with Gasteiger partial charge in [0, 0.05) is 37.1 Å². The second-order valence-corrected chi connectivity index (χ2v) is 8.68. The average molecular weight is 529 g/mol. The normalized spacial score (nSPS) is 11.3. The molecule has 0 saturated heterocycles. The van der Waals surface area contributed by atoms with E-state index in [2.05, 4.69) is 25.7 Å². The summed E-state index contributed by atoms with van der Waals surface area (Å²) in [4.78, 5) is 20.0. The van der Waals surface area contributed by atoms with Crippen LogP contribution in [-0.4, -0.2) is 32.7 Å². The monoisotopic (exact) mass is 528 g/mol. The van der Waals surface area contributed by atoms with E-state index >= 15 is 0 Å². The summed E-state index contributed by atoms with van der Waals surface area (Å²) in [5.74, 6) is 0.362. The van der Waals surface area contributed by atoms with Gasteiger partial charge in [0.2, 0.25) is 0 Å². The Bertz CT molecular complexity index is 1580. The number of alkyl halides is 3. The molecule has 196 valence electrons. The average Bonchev–Trinajstić information content (AvgIpc) is 3.43. The zero-order valence-electron chi connectivity index (χ0n) is 20.8. The molecule has 7 nitrogen and oxygen atoms in total. The SMILES string of the molecule is CNC(=O)c1ccc(-c2cccc(CNc3ccc(-n4nc(-c5cccnc5)cc4C(F)(F)F)cn3)c2)cc1. The predicted molar refractivity (Wildman–Crippen MR) is 142 cm³/mol. The van der Waals surface area contributed by atoms with Crippen LogP contribution < -0.4 is 10.6 Å². The number of carbonyl (C=O) groups is 1. The number of halogens is 3. The summed E-state index contributed by atoms with van der Waals surface area (Å²) in [6.07, 6.45) is -0.240. The third-order valence-corrected chi connectivity index (χ3v) is 6.06. The van der Waals surface area contributed by atoms with E-state index in [0.29, 0.717) is 23.5 Å². The molecule has 2 aromatic carbocycles. The van der Waals surface area contributed by atoms with E-state index in [0.717, 1.165) is 27.4 Å². The van der Waals surface area contributed by atoms with Gasteiger partial charge in [0.15, 0.2) is 0 Å². The lowest BCUT2D eigenvalue weighted by molar-refractivity contribution is -0.142. The van der Waals surface area contributed by atoms with Gasteiger partial charge in [0.05, 0.1) is 17.6 Å². The minimum atomic E-state index is -4.60. The van der Waals surface area contributed by atoms with Crippen LogP contribution >= 0.6 is 0 Å². The third-order valence-electron chi connectivity index (χ3n) is 6.06. The van der Waals surface area contributed by atoms with Crippen molar-refractivity contribution in [1.29, 1.82) is 0 Å². The first kappa shape index (κ1) is 25.7. The van der Waals surface area contributed by atoms with Crippen molar-refractivity contribution < 1.29 is 18.0 Å². The molecule has 2 N–H and O–H groups in total. The highest BCUT2D eigenvalue weighted by Crippen LogP contribution is 2.34. The molecule has 3 aromatic heterocycles. The Hall–Kier alpha value is -4.99. The van der Waals surface area contributed by atoms with Gasteiger partial charge in [-0.25, -0.2) is 9.67 Å². The van der Waals surface area contributed by atoms with Gasteiger partial charge in [-0.05, 0) is 65.2 Å². The summed E-state index contributed by atoms with van der Waals surface area (Å²) in [5.41, 5.74) is 3.47.